The summed E-state index contributed by atoms with van der Waals surface area (Å²) in [4.78, 5) is 4.54. The zero-order valence-corrected chi connectivity index (χ0v) is 13.2. The fourth-order valence-corrected chi connectivity index (χ4v) is 2.50. The van der Waals surface area contributed by atoms with Gasteiger partial charge in [-0.25, -0.2) is 4.98 Å². The van der Waals surface area contributed by atoms with Gasteiger partial charge in [0.1, 0.15) is 22.9 Å². The van der Waals surface area contributed by atoms with E-state index in [1.54, 1.807) is 13.0 Å². The zero-order chi connectivity index (χ0) is 16.4. The normalized spacial score (nSPS) is 13.9. The van der Waals surface area contributed by atoms with Crippen molar-refractivity contribution < 1.29 is 14.6 Å². The highest BCUT2D eigenvalue weighted by Crippen LogP contribution is 2.25. The van der Waals surface area contributed by atoms with Crippen molar-refractivity contribution >= 4 is 16.7 Å². The summed E-state index contributed by atoms with van der Waals surface area (Å²) in [5.41, 5.74) is 0.352. The Kier molecular flexibility index (Phi) is 4.07. The largest absolute Gasteiger partial charge is 0.463 e. The molecular formula is C18H20N2O3. The summed E-state index contributed by atoms with van der Waals surface area (Å²) in [6.45, 7) is 3.61. The van der Waals surface area contributed by atoms with Crippen molar-refractivity contribution in [1.82, 2.24) is 4.98 Å². The van der Waals surface area contributed by atoms with Gasteiger partial charge in [-0.3, -0.25) is 0 Å². The molecule has 23 heavy (non-hydrogen) atoms. The molecule has 0 fully saturated rings. The minimum Gasteiger partial charge on any atom is -0.463 e. The first kappa shape index (κ1) is 15.5. The van der Waals surface area contributed by atoms with Gasteiger partial charge in [0.2, 0.25) is 0 Å². The molecule has 1 aromatic carbocycles. The first-order chi connectivity index (χ1) is 11.0. The van der Waals surface area contributed by atoms with Gasteiger partial charge >= 0.3 is 0 Å². The number of nitrogens with zero attached hydrogens (tertiary/aromatic N) is 1. The number of furan rings is 1. The van der Waals surface area contributed by atoms with Crippen LogP contribution in [0.15, 0.2) is 46.9 Å². The molecular weight excluding hydrogens is 292 g/mol. The molecule has 0 spiro atoms. The number of rotatable bonds is 5. The number of aliphatic hydroxyl groups excluding tert-OH is 1. The molecule has 0 saturated carbocycles. The summed E-state index contributed by atoms with van der Waals surface area (Å²) >= 11 is 0. The molecule has 3 N–H and O–H groups in total. The first-order valence-electron chi connectivity index (χ1n) is 7.52. The summed E-state index contributed by atoms with van der Waals surface area (Å²) in [7, 11) is 0. The number of anilines is 1. The number of benzene rings is 1. The van der Waals surface area contributed by atoms with Crippen molar-refractivity contribution in [3.8, 4) is 0 Å². The van der Waals surface area contributed by atoms with Crippen molar-refractivity contribution in [2.75, 3.05) is 11.9 Å². The number of aliphatic hydroxyl groups is 2. The van der Waals surface area contributed by atoms with E-state index in [1.165, 1.54) is 0 Å². The van der Waals surface area contributed by atoms with Crippen LogP contribution in [0.2, 0.25) is 0 Å². The number of fused-ring (bicyclic) bond motifs is 1. The number of hydrogen-bond donors (Lipinski definition) is 3. The second kappa shape index (κ2) is 6.02. The Morgan fingerprint density at radius 3 is 2.70 bits per heavy atom. The quantitative estimate of drug-likeness (QED) is 0.675. The van der Waals surface area contributed by atoms with Gasteiger partial charge in [-0.2, -0.15) is 0 Å². The Hall–Kier alpha value is -2.37. The molecule has 120 valence electrons. The van der Waals surface area contributed by atoms with Gasteiger partial charge in [0.15, 0.2) is 0 Å². The molecule has 2 heterocycles. The average Bonchev–Trinajstić information content (AvgIpc) is 2.99. The van der Waals surface area contributed by atoms with Crippen LogP contribution in [0.3, 0.4) is 0 Å². The van der Waals surface area contributed by atoms with Crippen molar-refractivity contribution in [2.24, 2.45) is 0 Å². The van der Waals surface area contributed by atoms with Crippen molar-refractivity contribution in [3.05, 3.63) is 59.5 Å². The number of para-hydroxylation sites is 1. The third-order valence-corrected chi connectivity index (χ3v) is 3.84. The van der Waals surface area contributed by atoms with Crippen LogP contribution >= 0.6 is 0 Å². The average molecular weight is 312 g/mol. The fourth-order valence-electron chi connectivity index (χ4n) is 2.50. The van der Waals surface area contributed by atoms with Crippen molar-refractivity contribution in [2.45, 2.75) is 26.1 Å². The van der Waals surface area contributed by atoms with E-state index < -0.39 is 5.60 Å². The van der Waals surface area contributed by atoms with E-state index in [2.05, 4.69) is 10.3 Å². The maximum Gasteiger partial charge on any atom is 0.137 e. The third-order valence-electron chi connectivity index (χ3n) is 3.84. The topological polar surface area (TPSA) is 78.5 Å². The van der Waals surface area contributed by atoms with E-state index >= 15 is 0 Å². The standard InChI is InChI=1S/C18H20N2O3/c1-12-7-8-16(23-12)18(2,22)11-19-17-14(10-21)9-13-5-3-4-6-15(13)20-17/h3-9,21-22H,10-11H2,1-2H3,(H,19,20). The van der Waals surface area contributed by atoms with Gasteiger partial charge in [0.05, 0.1) is 18.7 Å². The molecule has 0 radical (unpaired) electrons. The smallest absolute Gasteiger partial charge is 0.137 e. The number of hydrogen-bond acceptors (Lipinski definition) is 5. The maximum absolute atomic E-state index is 10.6. The third kappa shape index (κ3) is 3.21. The lowest BCUT2D eigenvalue weighted by molar-refractivity contribution is 0.0467. The molecule has 3 aromatic rings. The van der Waals surface area contributed by atoms with Gasteiger partial charge < -0.3 is 19.9 Å². The van der Waals surface area contributed by atoms with Crippen LogP contribution in [0.25, 0.3) is 10.9 Å². The van der Waals surface area contributed by atoms with Crippen molar-refractivity contribution in [1.29, 1.82) is 0 Å². The van der Waals surface area contributed by atoms with Gasteiger partial charge in [-0.15, -0.1) is 0 Å². The SMILES string of the molecule is Cc1ccc(C(C)(O)CNc2nc3ccccc3cc2CO)o1. The van der Waals surface area contributed by atoms with E-state index in [0.717, 1.165) is 16.7 Å². The Morgan fingerprint density at radius 2 is 2.00 bits per heavy atom. The molecule has 2 aromatic heterocycles. The molecule has 5 heteroatoms. The molecule has 1 unspecified atom stereocenters. The van der Waals surface area contributed by atoms with Crippen molar-refractivity contribution in [3.63, 3.8) is 0 Å². The van der Waals surface area contributed by atoms with E-state index in [-0.39, 0.29) is 13.2 Å². The van der Waals surface area contributed by atoms with Crippen LogP contribution in [-0.4, -0.2) is 21.7 Å². The molecule has 0 aliphatic carbocycles. The second-order valence-electron chi connectivity index (χ2n) is 5.88. The summed E-state index contributed by atoms with van der Waals surface area (Å²) in [5.74, 6) is 1.81. The minimum absolute atomic E-state index is 0.123. The lowest BCUT2D eigenvalue weighted by Crippen LogP contribution is -2.30. The van der Waals surface area contributed by atoms with E-state index in [9.17, 15) is 10.2 Å². The molecule has 0 bridgehead atoms. The molecule has 0 aliphatic rings. The van der Waals surface area contributed by atoms with Crippen LogP contribution in [0.5, 0.6) is 0 Å². The van der Waals surface area contributed by atoms with Crippen LogP contribution in [0.4, 0.5) is 5.82 Å². The Morgan fingerprint density at radius 1 is 1.22 bits per heavy atom. The van der Waals surface area contributed by atoms with E-state index in [0.29, 0.717) is 17.1 Å². The summed E-state index contributed by atoms with van der Waals surface area (Å²) < 4.78 is 5.50. The second-order valence-corrected chi connectivity index (χ2v) is 5.88. The summed E-state index contributed by atoms with van der Waals surface area (Å²) in [6.07, 6.45) is 0. The van der Waals surface area contributed by atoms with E-state index in [1.807, 2.05) is 43.3 Å². The van der Waals surface area contributed by atoms with Gasteiger partial charge in [-0.05, 0) is 38.1 Å². The number of aryl methyl sites for hydroxylation is 1. The highest BCUT2D eigenvalue weighted by Gasteiger charge is 2.27. The zero-order valence-electron chi connectivity index (χ0n) is 13.2. The molecule has 5 nitrogen and oxygen atoms in total. The highest BCUT2D eigenvalue weighted by atomic mass is 16.4. The predicted molar refractivity (Wildman–Crippen MR) is 89.2 cm³/mol. The van der Waals surface area contributed by atoms with Crippen LogP contribution in [-0.2, 0) is 12.2 Å². The molecule has 3 rings (SSSR count). The fraction of sp³-hybridized carbons (Fsp3) is 0.278. The predicted octanol–water partition coefficient (Wildman–Crippen LogP) is 2.95. The first-order valence-corrected chi connectivity index (χ1v) is 7.52. The van der Waals surface area contributed by atoms with Gasteiger partial charge in [0.25, 0.3) is 0 Å². The molecule has 1 atom stereocenters. The Bertz CT molecular complexity index is 824. The van der Waals surface area contributed by atoms with Crippen LogP contribution in [0, 0.1) is 6.92 Å². The maximum atomic E-state index is 10.6. The van der Waals surface area contributed by atoms with Gasteiger partial charge in [-0.1, -0.05) is 18.2 Å². The number of aromatic nitrogens is 1. The lowest BCUT2D eigenvalue weighted by atomic mass is 10.0. The minimum atomic E-state index is -1.17. The van der Waals surface area contributed by atoms with E-state index in [4.69, 9.17) is 4.42 Å². The summed E-state index contributed by atoms with van der Waals surface area (Å²) in [5, 5.41) is 24.2. The molecule has 0 aliphatic heterocycles. The molecule has 0 amide bonds. The Balaban J connectivity index is 1.86. The number of pyridine rings is 1. The Labute approximate surface area is 134 Å². The molecule has 0 saturated heterocycles. The number of nitrogens with one attached hydrogen (secondary N) is 1. The van der Waals surface area contributed by atoms with Gasteiger partial charge in [0, 0.05) is 10.9 Å². The lowest BCUT2D eigenvalue weighted by Gasteiger charge is -2.22. The van der Waals surface area contributed by atoms with Crippen LogP contribution < -0.4 is 5.32 Å². The van der Waals surface area contributed by atoms with Crippen LogP contribution in [0.1, 0.15) is 24.0 Å². The summed E-state index contributed by atoms with van der Waals surface area (Å²) in [6, 6.07) is 13.2. The highest BCUT2D eigenvalue weighted by molar-refractivity contribution is 5.81. The monoisotopic (exact) mass is 312 g/mol.